The van der Waals surface area contributed by atoms with Gasteiger partial charge in [-0.2, -0.15) is 0 Å². The number of nitrogens with zero attached hydrogens (tertiary/aromatic N) is 1. The molecule has 2 N–H and O–H groups in total. The third kappa shape index (κ3) is 1.63. The summed E-state index contributed by atoms with van der Waals surface area (Å²) in [7, 11) is 1.90. The summed E-state index contributed by atoms with van der Waals surface area (Å²) in [5, 5.41) is 18.5. The highest BCUT2D eigenvalue weighted by Gasteiger charge is 2.30. The van der Waals surface area contributed by atoms with Crippen LogP contribution in [-0.4, -0.2) is 29.8 Å². The normalized spacial score (nSPS) is 19.0. The van der Waals surface area contributed by atoms with Crippen molar-refractivity contribution in [2.45, 2.75) is 12.3 Å². The topological polar surface area (TPSA) is 60.8 Å². The van der Waals surface area contributed by atoms with Crippen molar-refractivity contribution in [1.29, 1.82) is 0 Å². The second-order valence-electron chi connectivity index (χ2n) is 3.89. The van der Waals surface area contributed by atoms with Crippen LogP contribution in [0.1, 0.15) is 17.9 Å². The lowest BCUT2D eigenvalue weighted by Crippen LogP contribution is -2.16. The Hall–Kier alpha value is -1.71. The first-order chi connectivity index (χ1) is 7.09. The summed E-state index contributed by atoms with van der Waals surface area (Å²) in [5.74, 6) is -0.740. The van der Waals surface area contributed by atoms with E-state index in [1.165, 1.54) is 0 Å². The van der Waals surface area contributed by atoms with E-state index in [1.54, 1.807) is 12.1 Å². The van der Waals surface area contributed by atoms with E-state index >= 15 is 0 Å². The van der Waals surface area contributed by atoms with Crippen molar-refractivity contribution >= 4 is 11.7 Å². The molecule has 0 aromatic heterocycles. The highest BCUT2D eigenvalue weighted by Crippen LogP contribution is 2.42. The van der Waals surface area contributed by atoms with Gasteiger partial charge in [0.15, 0.2) is 0 Å². The van der Waals surface area contributed by atoms with Crippen LogP contribution in [0.5, 0.6) is 5.75 Å². The van der Waals surface area contributed by atoms with Gasteiger partial charge in [0.25, 0.3) is 0 Å². The van der Waals surface area contributed by atoms with E-state index in [9.17, 15) is 9.90 Å². The monoisotopic (exact) mass is 207 g/mol. The highest BCUT2D eigenvalue weighted by atomic mass is 16.4. The summed E-state index contributed by atoms with van der Waals surface area (Å²) in [5.41, 5.74) is 1.70. The maximum Gasteiger partial charge on any atom is 0.304 e. The maximum atomic E-state index is 10.7. The van der Waals surface area contributed by atoms with E-state index in [0.717, 1.165) is 11.3 Å². The summed E-state index contributed by atoms with van der Waals surface area (Å²) in [6, 6.07) is 5.28. The number of anilines is 1. The summed E-state index contributed by atoms with van der Waals surface area (Å²) in [4.78, 5) is 12.7. The van der Waals surface area contributed by atoms with Crippen molar-refractivity contribution in [3.05, 3.63) is 23.8 Å². The first-order valence-electron chi connectivity index (χ1n) is 4.84. The second kappa shape index (κ2) is 3.46. The number of hydrogen-bond donors (Lipinski definition) is 2. The van der Waals surface area contributed by atoms with E-state index in [-0.39, 0.29) is 18.1 Å². The zero-order valence-corrected chi connectivity index (χ0v) is 8.47. The van der Waals surface area contributed by atoms with Crippen molar-refractivity contribution in [1.82, 2.24) is 0 Å². The molecule has 0 saturated heterocycles. The Morgan fingerprint density at radius 3 is 3.00 bits per heavy atom. The molecule has 1 heterocycles. The van der Waals surface area contributed by atoms with Crippen molar-refractivity contribution in [2.75, 3.05) is 18.5 Å². The van der Waals surface area contributed by atoms with Gasteiger partial charge in [-0.1, -0.05) is 6.07 Å². The Balaban J connectivity index is 2.39. The molecule has 0 amide bonds. The number of carboxylic acid groups (broad SMARTS) is 1. The largest absolute Gasteiger partial charge is 0.508 e. The Morgan fingerprint density at radius 1 is 1.60 bits per heavy atom. The first kappa shape index (κ1) is 9.83. The van der Waals surface area contributed by atoms with Crippen LogP contribution in [0.4, 0.5) is 5.69 Å². The minimum absolute atomic E-state index is 0.0644. The van der Waals surface area contributed by atoms with E-state index in [1.807, 2.05) is 18.0 Å². The van der Waals surface area contributed by atoms with Crippen LogP contribution in [-0.2, 0) is 4.79 Å². The van der Waals surface area contributed by atoms with Crippen molar-refractivity contribution in [3.63, 3.8) is 0 Å². The summed E-state index contributed by atoms with van der Waals surface area (Å²) in [6.07, 6.45) is 0.0644. The summed E-state index contributed by atoms with van der Waals surface area (Å²) < 4.78 is 0. The van der Waals surface area contributed by atoms with Gasteiger partial charge in [-0.25, -0.2) is 0 Å². The molecule has 0 bridgehead atoms. The predicted octanol–water partition coefficient (Wildman–Crippen LogP) is 1.40. The molecule has 1 aromatic carbocycles. The first-order valence-corrected chi connectivity index (χ1v) is 4.84. The van der Waals surface area contributed by atoms with Gasteiger partial charge < -0.3 is 15.1 Å². The number of carbonyl (C=O) groups is 1. The zero-order valence-electron chi connectivity index (χ0n) is 8.47. The third-order valence-corrected chi connectivity index (χ3v) is 2.79. The molecule has 80 valence electrons. The Kier molecular flexibility index (Phi) is 2.26. The average molecular weight is 207 g/mol. The molecule has 2 rings (SSSR count). The molecule has 1 aromatic rings. The fourth-order valence-corrected chi connectivity index (χ4v) is 2.19. The lowest BCUT2D eigenvalue weighted by atomic mass is 9.97. The van der Waals surface area contributed by atoms with Gasteiger partial charge in [0.2, 0.25) is 0 Å². The average Bonchev–Trinajstić information content (AvgIpc) is 2.44. The molecular formula is C11H13NO3. The van der Waals surface area contributed by atoms with Crippen LogP contribution in [0.3, 0.4) is 0 Å². The van der Waals surface area contributed by atoms with E-state index in [2.05, 4.69) is 0 Å². The van der Waals surface area contributed by atoms with Crippen molar-refractivity contribution in [2.24, 2.45) is 0 Å². The fraction of sp³-hybridized carbons (Fsp3) is 0.364. The molecule has 0 aliphatic carbocycles. The standard InChI is InChI=1S/C11H13NO3/c1-12-6-7(5-10(14)15)11-8(12)3-2-4-9(11)13/h2-4,7,13H,5-6H2,1H3,(H,14,15). The van der Waals surface area contributed by atoms with Crippen LogP contribution in [0.25, 0.3) is 0 Å². The SMILES string of the molecule is CN1CC(CC(=O)O)c2c(O)cccc21. The molecule has 4 heteroatoms. The molecule has 1 atom stereocenters. The molecule has 1 aliphatic heterocycles. The van der Waals surface area contributed by atoms with Gasteiger partial charge in [-0.15, -0.1) is 0 Å². The number of phenolic OH excluding ortho intramolecular Hbond substituents is 1. The minimum atomic E-state index is -0.829. The quantitative estimate of drug-likeness (QED) is 0.769. The number of aromatic hydroxyl groups is 1. The molecule has 0 spiro atoms. The maximum absolute atomic E-state index is 10.7. The smallest absolute Gasteiger partial charge is 0.304 e. The van der Waals surface area contributed by atoms with Crippen LogP contribution in [0, 0.1) is 0 Å². The molecule has 15 heavy (non-hydrogen) atoms. The minimum Gasteiger partial charge on any atom is -0.508 e. The number of rotatable bonds is 2. The fourth-order valence-electron chi connectivity index (χ4n) is 2.19. The number of fused-ring (bicyclic) bond motifs is 1. The van der Waals surface area contributed by atoms with Gasteiger partial charge in [-0.3, -0.25) is 4.79 Å². The Bertz CT molecular complexity index is 403. The summed E-state index contributed by atoms with van der Waals surface area (Å²) >= 11 is 0. The predicted molar refractivity (Wildman–Crippen MR) is 56.4 cm³/mol. The number of phenols is 1. The molecule has 0 fully saturated rings. The van der Waals surface area contributed by atoms with Crippen molar-refractivity contribution in [3.8, 4) is 5.75 Å². The number of aliphatic carboxylic acids is 1. The number of benzene rings is 1. The zero-order chi connectivity index (χ0) is 11.0. The van der Waals surface area contributed by atoms with E-state index < -0.39 is 5.97 Å². The van der Waals surface area contributed by atoms with Gasteiger partial charge in [0, 0.05) is 30.8 Å². The number of hydrogen-bond acceptors (Lipinski definition) is 3. The highest BCUT2D eigenvalue weighted by molar-refractivity contribution is 5.72. The van der Waals surface area contributed by atoms with Crippen molar-refractivity contribution < 1.29 is 15.0 Å². The van der Waals surface area contributed by atoms with Crippen LogP contribution in [0.2, 0.25) is 0 Å². The van der Waals surface area contributed by atoms with Crippen LogP contribution in [0.15, 0.2) is 18.2 Å². The Labute approximate surface area is 87.8 Å². The number of likely N-dealkylation sites (N-methyl/N-ethyl adjacent to an activating group) is 1. The molecule has 1 unspecified atom stereocenters. The van der Waals surface area contributed by atoms with Crippen LogP contribution >= 0.6 is 0 Å². The Morgan fingerprint density at radius 2 is 2.33 bits per heavy atom. The third-order valence-electron chi connectivity index (χ3n) is 2.79. The molecular weight excluding hydrogens is 194 g/mol. The molecule has 0 radical (unpaired) electrons. The molecule has 1 aliphatic rings. The van der Waals surface area contributed by atoms with Gasteiger partial charge in [-0.05, 0) is 12.1 Å². The van der Waals surface area contributed by atoms with E-state index in [0.29, 0.717) is 6.54 Å². The van der Waals surface area contributed by atoms with Gasteiger partial charge in [0.1, 0.15) is 5.75 Å². The second-order valence-corrected chi connectivity index (χ2v) is 3.89. The summed E-state index contributed by atoms with van der Waals surface area (Å²) in [6.45, 7) is 0.652. The molecule has 4 nitrogen and oxygen atoms in total. The lowest BCUT2D eigenvalue weighted by molar-refractivity contribution is -0.137. The van der Waals surface area contributed by atoms with Gasteiger partial charge in [0.05, 0.1) is 6.42 Å². The van der Waals surface area contributed by atoms with Gasteiger partial charge >= 0.3 is 5.97 Å². The lowest BCUT2D eigenvalue weighted by Gasteiger charge is -2.11. The van der Waals surface area contributed by atoms with Crippen LogP contribution < -0.4 is 4.90 Å². The van der Waals surface area contributed by atoms with E-state index in [4.69, 9.17) is 5.11 Å². The molecule has 0 saturated carbocycles. The number of carboxylic acids is 1.